The third-order valence-corrected chi connectivity index (χ3v) is 3.91. The highest BCUT2D eigenvalue weighted by molar-refractivity contribution is 5.89. The van der Waals surface area contributed by atoms with E-state index in [1.165, 1.54) is 0 Å². The van der Waals surface area contributed by atoms with Crippen molar-refractivity contribution < 1.29 is 9.53 Å². The van der Waals surface area contributed by atoms with Gasteiger partial charge in [0.15, 0.2) is 0 Å². The predicted octanol–water partition coefficient (Wildman–Crippen LogP) is 4.76. The highest BCUT2D eigenvalue weighted by atomic mass is 16.5. The molecule has 1 aromatic heterocycles. The van der Waals surface area contributed by atoms with E-state index in [2.05, 4.69) is 20.6 Å². The smallest absolute Gasteiger partial charge is 0.338 e. The molecule has 0 saturated carbocycles. The van der Waals surface area contributed by atoms with Crippen LogP contribution in [0.1, 0.15) is 28.7 Å². The van der Waals surface area contributed by atoms with Crippen molar-refractivity contribution in [2.45, 2.75) is 20.8 Å². The molecule has 0 amide bonds. The zero-order valence-electron chi connectivity index (χ0n) is 15.6. The second-order valence-electron chi connectivity index (χ2n) is 6.05. The summed E-state index contributed by atoms with van der Waals surface area (Å²) in [5.41, 5.74) is 3.48. The van der Waals surface area contributed by atoms with Crippen LogP contribution in [0.3, 0.4) is 0 Å². The van der Waals surface area contributed by atoms with Gasteiger partial charge in [0.2, 0.25) is 0 Å². The number of aromatic nitrogens is 2. The standard InChI is InChI=1S/C21H22N4O2/c1-4-27-21(26)16-9-11-17(12-10-16)24-19-13-20(23-15(3)22-19)25-18-8-6-5-7-14(18)2/h5-13H,4H2,1-3H3,(H2,22,23,24,25). The molecule has 3 rings (SSSR count). The predicted molar refractivity (Wildman–Crippen MR) is 107 cm³/mol. The van der Waals surface area contributed by atoms with Crippen LogP contribution in [0.2, 0.25) is 0 Å². The van der Waals surface area contributed by atoms with E-state index in [0.717, 1.165) is 16.9 Å². The average Bonchev–Trinajstić information content (AvgIpc) is 2.64. The summed E-state index contributed by atoms with van der Waals surface area (Å²) >= 11 is 0. The molecular formula is C21H22N4O2. The van der Waals surface area contributed by atoms with Crippen molar-refractivity contribution in [2.75, 3.05) is 17.2 Å². The van der Waals surface area contributed by atoms with Crippen LogP contribution in [0.15, 0.2) is 54.6 Å². The Hall–Kier alpha value is -3.41. The number of esters is 1. The van der Waals surface area contributed by atoms with Gasteiger partial charge < -0.3 is 15.4 Å². The molecule has 0 atom stereocenters. The fourth-order valence-corrected chi connectivity index (χ4v) is 2.60. The van der Waals surface area contributed by atoms with Gasteiger partial charge in [-0.1, -0.05) is 18.2 Å². The maximum atomic E-state index is 11.7. The lowest BCUT2D eigenvalue weighted by Gasteiger charge is -2.12. The molecule has 0 aliphatic rings. The van der Waals surface area contributed by atoms with E-state index < -0.39 is 0 Å². The second-order valence-corrected chi connectivity index (χ2v) is 6.05. The molecule has 0 aliphatic heterocycles. The first-order chi connectivity index (χ1) is 13.0. The van der Waals surface area contributed by atoms with E-state index in [0.29, 0.717) is 29.6 Å². The maximum Gasteiger partial charge on any atom is 0.338 e. The number of hydrogen-bond donors (Lipinski definition) is 2. The zero-order valence-corrected chi connectivity index (χ0v) is 15.6. The lowest BCUT2D eigenvalue weighted by molar-refractivity contribution is 0.0526. The number of anilines is 4. The molecule has 0 spiro atoms. The van der Waals surface area contributed by atoms with Gasteiger partial charge in [-0.3, -0.25) is 0 Å². The third kappa shape index (κ3) is 4.82. The average molecular weight is 362 g/mol. The fourth-order valence-electron chi connectivity index (χ4n) is 2.60. The minimum absolute atomic E-state index is 0.327. The molecule has 0 fully saturated rings. The summed E-state index contributed by atoms with van der Waals surface area (Å²) in [6.45, 7) is 6.03. The van der Waals surface area contributed by atoms with Crippen LogP contribution in [-0.2, 0) is 4.74 Å². The summed E-state index contributed by atoms with van der Waals surface area (Å²) in [4.78, 5) is 20.6. The van der Waals surface area contributed by atoms with E-state index in [4.69, 9.17) is 4.74 Å². The van der Waals surface area contributed by atoms with Gasteiger partial charge in [0.1, 0.15) is 17.5 Å². The van der Waals surface area contributed by atoms with Crippen LogP contribution in [0.25, 0.3) is 0 Å². The molecule has 1 heterocycles. The summed E-state index contributed by atoms with van der Waals surface area (Å²) in [6, 6.07) is 17.0. The van der Waals surface area contributed by atoms with Gasteiger partial charge >= 0.3 is 5.97 Å². The molecule has 2 aromatic carbocycles. The zero-order chi connectivity index (χ0) is 19.2. The molecule has 0 aliphatic carbocycles. The number of ether oxygens (including phenoxy) is 1. The summed E-state index contributed by atoms with van der Waals surface area (Å²) in [5.74, 6) is 1.70. The Bertz CT molecular complexity index is 939. The molecule has 27 heavy (non-hydrogen) atoms. The van der Waals surface area contributed by atoms with Crippen LogP contribution < -0.4 is 10.6 Å². The normalized spacial score (nSPS) is 10.3. The van der Waals surface area contributed by atoms with Gasteiger partial charge in [0.05, 0.1) is 12.2 Å². The minimum atomic E-state index is -0.327. The van der Waals surface area contributed by atoms with Crippen LogP contribution in [0, 0.1) is 13.8 Å². The lowest BCUT2D eigenvalue weighted by Crippen LogP contribution is -2.05. The molecule has 2 N–H and O–H groups in total. The SMILES string of the molecule is CCOC(=O)c1ccc(Nc2cc(Nc3ccccc3C)nc(C)n2)cc1. The summed E-state index contributed by atoms with van der Waals surface area (Å²) in [7, 11) is 0. The number of para-hydroxylation sites is 1. The van der Waals surface area contributed by atoms with Crippen LogP contribution >= 0.6 is 0 Å². The number of hydrogen-bond acceptors (Lipinski definition) is 6. The molecule has 3 aromatic rings. The van der Waals surface area contributed by atoms with Crippen molar-refractivity contribution >= 4 is 29.0 Å². The highest BCUT2D eigenvalue weighted by Gasteiger charge is 2.07. The number of benzene rings is 2. The Morgan fingerprint density at radius 2 is 1.63 bits per heavy atom. The molecule has 6 nitrogen and oxygen atoms in total. The van der Waals surface area contributed by atoms with E-state index in [1.807, 2.05) is 56.3 Å². The lowest BCUT2D eigenvalue weighted by atomic mass is 10.2. The van der Waals surface area contributed by atoms with Crippen LogP contribution in [-0.4, -0.2) is 22.5 Å². The second kappa shape index (κ2) is 8.31. The number of nitrogens with zero attached hydrogens (tertiary/aromatic N) is 2. The number of aryl methyl sites for hydroxylation is 2. The van der Waals surface area contributed by atoms with Gasteiger partial charge in [-0.05, 0) is 56.7 Å². The Labute approximate surface area is 158 Å². The van der Waals surface area contributed by atoms with Crippen molar-refractivity contribution in [3.63, 3.8) is 0 Å². The van der Waals surface area contributed by atoms with Crippen molar-refractivity contribution in [1.82, 2.24) is 9.97 Å². The minimum Gasteiger partial charge on any atom is -0.462 e. The van der Waals surface area contributed by atoms with Gasteiger partial charge in [-0.2, -0.15) is 0 Å². The largest absolute Gasteiger partial charge is 0.462 e. The highest BCUT2D eigenvalue weighted by Crippen LogP contribution is 2.22. The number of carbonyl (C=O) groups is 1. The Balaban J connectivity index is 1.76. The molecule has 0 saturated heterocycles. The Morgan fingerprint density at radius 1 is 0.963 bits per heavy atom. The molecular weight excluding hydrogens is 340 g/mol. The van der Waals surface area contributed by atoms with E-state index in [9.17, 15) is 4.79 Å². The van der Waals surface area contributed by atoms with Gasteiger partial charge in [0, 0.05) is 17.4 Å². The summed E-state index contributed by atoms with van der Waals surface area (Å²) in [5, 5.41) is 6.57. The topological polar surface area (TPSA) is 76.1 Å². The number of nitrogens with one attached hydrogen (secondary N) is 2. The van der Waals surface area contributed by atoms with Gasteiger partial charge in [0.25, 0.3) is 0 Å². The van der Waals surface area contributed by atoms with Crippen LogP contribution in [0.5, 0.6) is 0 Å². The monoisotopic (exact) mass is 362 g/mol. The molecule has 0 unspecified atom stereocenters. The fraction of sp³-hybridized carbons (Fsp3) is 0.190. The van der Waals surface area contributed by atoms with Crippen molar-refractivity contribution in [1.29, 1.82) is 0 Å². The first kappa shape index (κ1) is 18.4. The quantitative estimate of drug-likeness (QED) is 0.616. The van der Waals surface area contributed by atoms with E-state index in [1.54, 1.807) is 19.1 Å². The van der Waals surface area contributed by atoms with Crippen molar-refractivity contribution in [2.24, 2.45) is 0 Å². The summed E-state index contributed by atoms with van der Waals surface area (Å²) in [6.07, 6.45) is 0. The van der Waals surface area contributed by atoms with Crippen molar-refractivity contribution in [3.8, 4) is 0 Å². The summed E-state index contributed by atoms with van der Waals surface area (Å²) < 4.78 is 5.00. The third-order valence-electron chi connectivity index (χ3n) is 3.91. The Kier molecular flexibility index (Phi) is 5.66. The molecule has 0 radical (unpaired) electrons. The number of carbonyl (C=O) groups excluding carboxylic acids is 1. The number of rotatable bonds is 6. The molecule has 6 heteroatoms. The van der Waals surface area contributed by atoms with Crippen LogP contribution in [0.4, 0.5) is 23.0 Å². The maximum absolute atomic E-state index is 11.7. The Morgan fingerprint density at radius 3 is 2.30 bits per heavy atom. The van der Waals surface area contributed by atoms with Crippen molar-refractivity contribution in [3.05, 3.63) is 71.5 Å². The first-order valence-corrected chi connectivity index (χ1v) is 8.77. The van der Waals surface area contributed by atoms with Gasteiger partial charge in [-0.25, -0.2) is 14.8 Å². The molecule has 138 valence electrons. The first-order valence-electron chi connectivity index (χ1n) is 8.77. The van der Waals surface area contributed by atoms with E-state index >= 15 is 0 Å². The molecule has 0 bridgehead atoms. The van der Waals surface area contributed by atoms with E-state index in [-0.39, 0.29) is 5.97 Å². The van der Waals surface area contributed by atoms with Gasteiger partial charge in [-0.15, -0.1) is 0 Å².